The number of rotatable bonds is 5. The molecule has 0 saturated heterocycles. The second-order valence-electron chi connectivity index (χ2n) is 2.62. The summed E-state index contributed by atoms with van der Waals surface area (Å²) in [4.78, 5) is 10.8. The molecule has 0 radical (unpaired) electrons. The van der Waals surface area contributed by atoms with Crippen molar-refractivity contribution in [2.45, 2.75) is 39.2 Å². The molecule has 0 atom stereocenters. The van der Waals surface area contributed by atoms with Gasteiger partial charge in [0.1, 0.15) is 5.54 Å². The van der Waals surface area contributed by atoms with Gasteiger partial charge in [0, 0.05) is 0 Å². The fourth-order valence-corrected chi connectivity index (χ4v) is 1.22. The second-order valence-corrected chi connectivity index (χ2v) is 2.62. The molecule has 0 spiro atoms. The average Bonchev–Trinajstić information content (AvgIpc) is 2.00. The number of hydrogen-bond acceptors (Lipinski definition) is 2. The highest BCUT2D eigenvalue weighted by Crippen LogP contribution is 2.14. The lowest BCUT2D eigenvalue weighted by Crippen LogP contribution is -2.51. The lowest BCUT2D eigenvalue weighted by atomic mass is 9.93. The van der Waals surface area contributed by atoms with Crippen molar-refractivity contribution in [1.82, 2.24) is 5.32 Å². The van der Waals surface area contributed by atoms with E-state index in [4.69, 9.17) is 5.11 Å². The summed E-state index contributed by atoms with van der Waals surface area (Å²) in [7, 11) is 0. The topological polar surface area (TPSA) is 49.3 Å². The van der Waals surface area contributed by atoms with Gasteiger partial charge in [0.15, 0.2) is 0 Å². The molecular weight excluding hydrogens is 142 g/mol. The zero-order valence-electron chi connectivity index (χ0n) is 7.48. The monoisotopic (exact) mass is 159 g/mol. The van der Waals surface area contributed by atoms with Gasteiger partial charge in [0.25, 0.3) is 0 Å². The lowest BCUT2D eigenvalue weighted by Gasteiger charge is -2.27. The van der Waals surface area contributed by atoms with Gasteiger partial charge in [-0.3, -0.25) is 4.79 Å². The first kappa shape index (κ1) is 10.4. The molecule has 2 N–H and O–H groups in total. The summed E-state index contributed by atoms with van der Waals surface area (Å²) in [5.74, 6) is -0.746. The van der Waals surface area contributed by atoms with E-state index in [0.29, 0.717) is 19.4 Å². The zero-order valence-corrected chi connectivity index (χ0v) is 7.48. The SMILES string of the molecule is CCNC(CC)(CC)C(=O)O. The van der Waals surface area contributed by atoms with Gasteiger partial charge in [-0.25, -0.2) is 0 Å². The first-order chi connectivity index (χ1) is 5.13. The van der Waals surface area contributed by atoms with Crippen LogP contribution in [0.15, 0.2) is 0 Å². The van der Waals surface area contributed by atoms with Crippen LogP contribution in [0, 0.1) is 0 Å². The molecule has 0 aliphatic heterocycles. The number of nitrogens with one attached hydrogen (secondary N) is 1. The summed E-state index contributed by atoms with van der Waals surface area (Å²) in [5.41, 5.74) is -0.700. The minimum atomic E-state index is -0.746. The minimum Gasteiger partial charge on any atom is -0.480 e. The highest BCUT2D eigenvalue weighted by molar-refractivity contribution is 5.78. The standard InChI is InChI=1S/C8H17NO2/c1-4-8(5-2,7(10)11)9-6-3/h9H,4-6H2,1-3H3,(H,10,11). The maximum atomic E-state index is 10.8. The van der Waals surface area contributed by atoms with Crippen molar-refractivity contribution < 1.29 is 9.90 Å². The molecule has 0 aliphatic rings. The van der Waals surface area contributed by atoms with E-state index in [1.54, 1.807) is 0 Å². The minimum absolute atomic E-state index is 0.632. The van der Waals surface area contributed by atoms with E-state index in [0.717, 1.165) is 0 Å². The molecule has 0 aliphatic carbocycles. The van der Waals surface area contributed by atoms with Crippen LogP contribution in [0.2, 0.25) is 0 Å². The third-order valence-electron chi connectivity index (χ3n) is 2.13. The third kappa shape index (κ3) is 2.19. The number of hydrogen-bond donors (Lipinski definition) is 2. The molecule has 0 heterocycles. The first-order valence-corrected chi connectivity index (χ1v) is 4.11. The van der Waals surface area contributed by atoms with Gasteiger partial charge >= 0.3 is 5.97 Å². The van der Waals surface area contributed by atoms with Crippen molar-refractivity contribution in [1.29, 1.82) is 0 Å². The largest absolute Gasteiger partial charge is 0.480 e. The van der Waals surface area contributed by atoms with Crippen molar-refractivity contribution in [2.75, 3.05) is 6.54 Å². The van der Waals surface area contributed by atoms with Gasteiger partial charge in [0.2, 0.25) is 0 Å². The molecule has 0 bridgehead atoms. The van der Waals surface area contributed by atoms with Crippen LogP contribution in [0.25, 0.3) is 0 Å². The van der Waals surface area contributed by atoms with E-state index >= 15 is 0 Å². The maximum Gasteiger partial charge on any atom is 0.323 e. The first-order valence-electron chi connectivity index (χ1n) is 4.11. The smallest absolute Gasteiger partial charge is 0.323 e. The van der Waals surface area contributed by atoms with E-state index in [1.165, 1.54) is 0 Å². The molecule has 3 nitrogen and oxygen atoms in total. The van der Waals surface area contributed by atoms with E-state index < -0.39 is 11.5 Å². The number of carboxylic acids is 1. The summed E-state index contributed by atoms with van der Waals surface area (Å²) < 4.78 is 0. The Bertz CT molecular complexity index is 130. The van der Waals surface area contributed by atoms with Gasteiger partial charge in [-0.05, 0) is 19.4 Å². The molecule has 0 aromatic carbocycles. The molecule has 66 valence electrons. The number of carboxylic acid groups (broad SMARTS) is 1. The van der Waals surface area contributed by atoms with E-state index in [2.05, 4.69) is 5.32 Å². The quantitative estimate of drug-likeness (QED) is 0.634. The van der Waals surface area contributed by atoms with Crippen LogP contribution in [-0.4, -0.2) is 23.2 Å². The summed E-state index contributed by atoms with van der Waals surface area (Å²) in [6.45, 7) is 6.40. The van der Waals surface area contributed by atoms with Gasteiger partial charge < -0.3 is 10.4 Å². The van der Waals surface area contributed by atoms with Gasteiger partial charge in [-0.1, -0.05) is 20.8 Å². The average molecular weight is 159 g/mol. The summed E-state index contributed by atoms with van der Waals surface area (Å²) in [6.07, 6.45) is 1.26. The highest BCUT2D eigenvalue weighted by Gasteiger charge is 2.33. The molecule has 0 unspecified atom stereocenters. The van der Waals surface area contributed by atoms with Gasteiger partial charge in [-0.2, -0.15) is 0 Å². The summed E-state index contributed by atoms with van der Waals surface area (Å²) in [5, 5.41) is 11.9. The predicted octanol–water partition coefficient (Wildman–Crippen LogP) is 1.24. The van der Waals surface area contributed by atoms with Crippen molar-refractivity contribution >= 4 is 5.97 Å². The molecule has 0 aromatic rings. The Kier molecular flexibility index (Phi) is 4.11. The van der Waals surface area contributed by atoms with Crippen LogP contribution in [0.3, 0.4) is 0 Å². The van der Waals surface area contributed by atoms with E-state index in [9.17, 15) is 4.79 Å². The zero-order chi connectivity index (χ0) is 8.91. The van der Waals surface area contributed by atoms with Crippen molar-refractivity contribution in [3.8, 4) is 0 Å². The van der Waals surface area contributed by atoms with Crippen molar-refractivity contribution in [2.24, 2.45) is 0 Å². The van der Waals surface area contributed by atoms with Crippen LogP contribution >= 0.6 is 0 Å². The van der Waals surface area contributed by atoms with Crippen molar-refractivity contribution in [3.63, 3.8) is 0 Å². The molecule has 0 fully saturated rings. The highest BCUT2D eigenvalue weighted by atomic mass is 16.4. The van der Waals surface area contributed by atoms with Gasteiger partial charge in [0.05, 0.1) is 0 Å². The lowest BCUT2D eigenvalue weighted by molar-refractivity contribution is -0.145. The Balaban J connectivity index is 4.32. The number of likely N-dealkylation sites (N-methyl/N-ethyl adjacent to an activating group) is 1. The Morgan fingerprint density at radius 1 is 1.36 bits per heavy atom. The molecule has 3 heteroatoms. The Hall–Kier alpha value is -0.570. The number of aliphatic carboxylic acids is 1. The van der Waals surface area contributed by atoms with Crippen LogP contribution in [0.4, 0.5) is 0 Å². The Labute approximate surface area is 67.8 Å². The van der Waals surface area contributed by atoms with Crippen LogP contribution < -0.4 is 5.32 Å². The number of carbonyl (C=O) groups is 1. The van der Waals surface area contributed by atoms with E-state index in [1.807, 2.05) is 20.8 Å². The molecule has 11 heavy (non-hydrogen) atoms. The summed E-state index contributed by atoms with van der Waals surface area (Å²) >= 11 is 0. The van der Waals surface area contributed by atoms with Crippen LogP contribution in [0.1, 0.15) is 33.6 Å². The summed E-state index contributed by atoms with van der Waals surface area (Å²) in [6, 6.07) is 0. The Morgan fingerprint density at radius 2 is 1.82 bits per heavy atom. The van der Waals surface area contributed by atoms with Gasteiger partial charge in [-0.15, -0.1) is 0 Å². The predicted molar refractivity (Wildman–Crippen MR) is 44.6 cm³/mol. The Morgan fingerprint density at radius 3 is 1.91 bits per heavy atom. The van der Waals surface area contributed by atoms with Crippen LogP contribution in [0.5, 0.6) is 0 Å². The molecule has 0 aromatic heterocycles. The fraction of sp³-hybridized carbons (Fsp3) is 0.875. The second kappa shape index (κ2) is 4.34. The molecule has 0 amide bonds. The molecule has 0 saturated carbocycles. The fourth-order valence-electron chi connectivity index (χ4n) is 1.22. The molecule has 0 rings (SSSR count). The normalized spacial score (nSPS) is 11.5. The molecular formula is C8H17NO2. The van der Waals surface area contributed by atoms with Crippen molar-refractivity contribution in [3.05, 3.63) is 0 Å². The maximum absolute atomic E-state index is 10.8. The third-order valence-corrected chi connectivity index (χ3v) is 2.13. The van der Waals surface area contributed by atoms with E-state index in [-0.39, 0.29) is 0 Å². The van der Waals surface area contributed by atoms with Crippen LogP contribution in [-0.2, 0) is 4.79 Å².